The van der Waals surface area contributed by atoms with Crippen LogP contribution in [-0.4, -0.2) is 83.8 Å². The van der Waals surface area contributed by atoms with Crippen molar-refractivity contribution >= 4 is 23.8 Å². The second-order valence-electron chi connectivity index (χ2n) is 9.16. The number of nitrogens with zero attached hydrogens (tertiary/aromatic N) is 3. The van der Waals surface area contributed by atoms with Crippen molar-refractivity contribution in [3.05, 3.63) is 29.8 Å². The van der Waals surface area contributed by atoms with Crippen molar-refractivity contribution in [1.82, 2.24) is 20.0 Å². The first-order chi connectivity index (χ1) is 15.9. The van der Waals surface area contributed by atoms with Gasteiger partial charge in [-0.25, -0.2) is 4.79 Å². The molecule has 0 bridgehead atoms. The lowest BCUT2D eigenvalue weighted by Gasteiger charge is -2.36. The van der Waals surface area contributed by atoms with Crippen molar-refractivity contribution in [3.63, 3.8) is 0 Å². The molecular weight excluding hydrogens is 424 g/mol. The number of methoxy groups -OCH3 is 1. The summed E-state index contributed by atoms with van der Waals surface area (Å²) in [7, 11) is 1.57. The highest BCUT2D eigenvalue weighted by atomic mass is 16.5. The summed E-state index contributed by atoms with van der Waals surface area (Å²) in [6, 6.07) is 6.45. The first-order valence-corrected chi connectivity index (χ1v) is 11.7. The summed E-state index contributed by atoms with van der Waals surface area (Å²) in [5, 5.41) is 2.88. The van der Waals surface area contributed by atoms with Crippen LogP contribution in [0.25, 0.3) is 0 Å². The van der Waals surface area contributed by atoms with Gasteiger partial charge in [-0.1, -0.05) is 13.3 Å². The van der Waals surface area contributed by atoms with Crippen LogP contribution in [0.3, 0.4) is 0 Å². The van der Waals surface area contributed by atoms with Crippen LogP contribution in [0.1, 0.15) is 49.4 Å². The Balaban J connectivity index is 1.30. The zero-order valence-corrected chi connectivity index (χ0v) is 19.3. The van der Waals surface area contributed by atoms with Gasteiger partial charge in [0.25, 0.3) is 11.8 Å². The normalized spacial score (nSPS) is 25.4. The summed E-state index contributed by atoms with van der Waals surface area (Å²) >= 11 is 0. The van der Waals surface area contributed by atoms with E-state index in [1.54, 1.807) is 41.2 Å². The molecule has 178 valence electrons. The number of urea groups is 1. The molecule has 9 nitrogen and oxygen atoms in total. The van der Waals surface area contributed by atoms with Crippen LogP contribution in [0.5, 0.6) is 5.75 Å². The molecule has 0 atom stereocenters. The second kappa shape index (κ2) is 9.41. The largest absolute Gasteiger partial charge is 0.497 e. The van der Waals surface area contributed by atoms with Crippen LogP contribution in [0.2, 0.25) is 0 Å². The van der Waals surface area contributed by atoms with E-state index in [1.165, 1.54) is 0 Å². The average molecular weight is 457 g/mol. The smallest absolute Gasteiger partial charge is 0.325 e. The third kappa shape index (κ3) is 4.54. The number of benzene rings is 1. The van der Waals surface area contributed by atoms with Crippen LogP contribution in [0.15, 0.2) is 24.3 Å². The SMILES string of the molecule is CCC1CCC2(CC1)NC(=O)N(CC(=O)N1CCN(C(=O)c3ccc(OC)cc3)CC1)C2=O. The number of nitrogens with one attached hydrogen (secondary N) is 1. The monoisotopic (exact) mass is 456 g/mol. The van der Waals surface area contributed by atoms with Crippen molar-refractivity contribution in [1.29, 1.82) is 0 Å². The highest BCUT2D eigenvalue weighted by Gasteiger charge is 2.52. The number of hydrogen-bond donors (Lipinski definition) is 1. The minimum atomic E-state index is -0.841. The maximum absolute atomic E-state index is 13.1. The standard InChI is InChI=1S/C24H32N4O5/c1-3-17-8-10-24(11-9-17)22(31)28(23(32)25-24)16-20(29)26-12-14-27(15-13-26)21(30)18-4-6-19(33-2)7-5-18/h4-7,17H,3,8-16H2,1-2H3,(H,25,32). The van der Waals surface area contributed by atoms with E-state index < -0.39 is 11.6 Å². The summed E-state index contributed by atoms with van der Waals surface area (Å²) in [5.74, 6) is 0.636. The van der Waals surface area contributed by atoms with Crippen molar-refractivity contribution in [2.75, 3.05) is 39.8 Å². The van der Waals surface area contributed by atoms with E-state index in [1.807, 2.05) is 0 Å². The molecular formula is C24H32N4O5. The van der Waals surface area contributed by atoms with Gasteiger partial charge in [0, 0.05) is 31.7 Å². The predicted octanol–water partition coefficient (Wildman–Crippen LogP) is 1.87. The molecule has 2 saturated heterocycles. The molecule has 2 aliphatic heterocycles. The van der Waals surface area contributed by atoms with E-state index >= 15 is 0 Å². The number of carbonyl (C=O) groups excluding carboxylic acids is 4. The molecule has 1 spiro atoms. The fourth-order valence-electron chi connectivity index (χ4n) is 5.05. The quantitative estimate of drug-likeness (QED) is 0.682. The Labute approximate surface area is 194 Å². The Hall–Kier alpha value is -3.10. The third-order valence-electron chi connectivity index (χ3n) is 7.33. The van der Waals surface area contributed by atoms with Gasteiger partial charge in [-0.05, 0) is 55.9 Å². The Morgan fingerprint density at radius 2 is 1.64 bits per heavy atom. The third-order valence-corrected chi connectivity index (χ3v) is 7.33. The molecule has 5 amide bonds. The number of hydrogen-bond acceptors (Lipinski definition) is 5. The van der Waals surface area contributed by atoms with Gasteiger partial charge in [0.05, 0.1) is 7.11 Å². The summed E-state index contributed by atoms with van der Waals surface area (Å²) in [4.78, 5) is 55.6. The van der Waals surface area contributed by atoms with E-state index in [9.17, 15) is 19.2 Å². The van der Waals surface area contributed by atoms with Gasteiger partial charge >= 0.3 is 6.03 Å². The van der Waals surface area contributed by atoms with Crippen molar-refractivity contribution in [2.45, 2.75) is 44.6 Å². The minimum Gasteiger partial charge on any atom is -0.497 e. The molecule has 3 aliphatic rings. The lowest BCUT2D eigenvalue weighted by Crippen LogP contribution is -2.53. The Morgan fingerprint density at radius 3 is 2.21 bits per heavy atom. The summed E-state index contributed by atoms with van der Waals surface area (Å²) in [6.07, 6.45) is 4.16. The molecule has 4 rings (SSSR count). The molecule has 0 unspecified atom stereocenters. The van der Waals surface area contributed by atoms with E-state index in [0.717, 1.165) is 24.2 Å². The maximum atomic E-state index is 13.1. The van der Waals surface area contributed by atoms with E-state index in [2.05, 4.69) is 12.2 Å². The Kier molecular flexibility index (Phi) is 6.58. The van der Waals surface area contributed by atoms with Crippen LogP contribution in [-0.2, 0) is 9.59 Å². The molecule has 1 N–H and O–H groups in total. The molecule has 3 fully saturated rings. The summed E-state index contributed by atoms with van der Waals surface area (Å²) < 4.78 is 5.13. The van der Waals surface area contributed by atoms with Gasteiger partial charge in [0.15, 0.2) is 0 Å². The van der Waals surface area contributed by atoms with E-state index in [-0.39, 0.29) is 24.3 Å². The van der Waals surface area contributed by atoms with Crippen molar-refractivity contribution < 1.29 is 23.9 Å². The zero-order valence-electron chi connectivity index (χ0n) is 19.3. The molecule has 33 heavy (non-hydrogen) atoms. The predicted molar refractivity (Wildman–Crippen MR) is 121 cm³/mol. The zero-order chi connectivity index (χ0) is 23.6. The van der Waals surface area contributed by atoms with Gasteiger partial charge in [-0.2, -0.15) is 0 Å². The van der Waals surface area contributed by atoms with Crippen LogP contribution >= 0.6 is 0 Å². The Bertz CT molecular complexity index is 915. The number of imide groups is 1. The maximum Gasteiger partial charge on any atom is 0.325 e. The molecule has 1 aromatic rings. The average Bonchev–Trinajstić information content (AvgIpc) is 3.08. The van der Waals surface area contributed by atoms with Gasteiger partial charge in [0.1, 0.15) is 17.8 Å². The highest BCUT2D eigenvalue weighted by Crippen LogP contribution is 2.37. The number of carbonyl (C=O) groups is 4. The fraction of sp³-hybridized carbons (Fsp3) is 0.583. The van der Waals surface area contributed by atoms with Gasteiger partial charge in [-0.3, -0.25) is 19.3 Å². The number of ether oxygens (including phenoxy) is 1. The molecule has 1 aliphatic carbocycles. The first-order valence-electron chi connectivity index (χ1n) is 11.7. The topological polar surface area (TPSA) is 99.3 Å². The van der Waals surface area contributed by atoms with E-state index in [4.69, 9.17) is 4.74 Å². The van der Waals surface area contributed by atoms with E-state index in [0.29, 0.717) is 56.3 Å². The lowest BCUT2D eigenvalue weighted by atomic mass is 9.75. The Morgan fingerprint density at radius 1 is 1.03 bits per heavy atom. The molecule has 2 heterocycles. The molecule has 0 aromatic heterocycles. The number of rotatable bonds is 5. The minimum absolute atomic E-state index is 0.0940. The van der Waals surface area contributed by atoms with Gasteiger partial charge in [-0.15, -0.1) is 0 Å². The second-order valence-corrected chi connectivity index (χ2v) is 9.16. The van der Waals surface area contributed by atoms with Gasteiger partial charge < -0.3 is 19.9 Å². The first kappa shape index (κ1) is 23.1. The van der Waals surface area contributed by atoms with Gasteiger partial charge in [0.2, 0.25) is 5.91 Å². The van der Waals surface area contributed by atoms with Crippen molar-refractivity contribution in [3.8, 4) is 5.75 Å². The highest BCUT2D eigenvalue weighted by molar-refractivity contribution is 6.09. The lowest BCUT2D eigenvalue weighted by molar-refractivity contribution is -0.140. The van der Waals surface area contributed by atoms with Crippen LogP contribution < -0.4 is 10.1 Å². The molecule has 9 heteroatoms. The number of amides is 5. The molecule has 1 saturated carbocycles. The van der Waals surface area contributed by atoms with Crippen molar-refractivity contribution in [2.24, 2.45) is 5.92 Å². The molecule has 0 radical (unpaired) electrons. The van der Waals surface area contributed by atoms with Crippen LogP contribution in [0.4, 0.5) is 4.79 Å². The summed E-state index contributed by atoms with van der Waals surface area (Å²) in [5.41, 5.74) is -0.273. The van der Waals surface area contributed by atoms with Crippen LogP contribution in [0, 0.1) is 5.92 Å². The number of piperazine rings is 1. The fourth-order valence-corrected chi connectivity index (χ4v) is 5.05. The summed E-state index contributed by atoms with van der Waals surface area (Å²) in [6.45, 7) is 3.43. The molecule has 1 aromatic carbocycles.